The van der Waals surface area contributed by atoms with Gasteiger partial charge in [0.25, 0.3) is 5.91 Å². The van der Waals surface area contributed by atoms with Crippen molar-refractivity contribution in [3.63, 3.8) is 0 Å². The van der Waals surface area contributed by atoms with Gasteiger partial charge in [-0.15, -0.1) is 11.3 Å². The van der Waals surface area contributed by atoms with Crippen LogP contribution in [0.5, 0.6) is 0 Å². The number of hydrogen-bond acceptors (Lipinski definition) is 5. The number of hydrogen-bond donors (Lipinski definition) is 2. The molecule has 3 rings (SSSR count). The van der Waals surface area contributed by atoms with E-state index in [0.717, 1.165) is 29.8 Å². The van der Waals surface area contributed by atoms with Crippen LogP contribution in [-0.4, -0.2) is 47.4 Å². The Morgan fingerprint density at radius 3 is 2.85 bits per heavy atom. The third-order valence-corrected chi connectivity index (χ3v) is 5.43. The maximum absolute atomic E-state index is 13.0. The lowest BCUT2D eigenvalue weighted by Crippen LogP contribution is -2.49. The number of nitrogens with zero attached hydrogens (tertiary/aromatic N) is 2. The number of benzene rings is 1. The summed E-state index contributed by atoms with van der Waals surface area (Å²) in [5.41, 5.74) is 6.90. The molecule has 2 aromatic rings. The Labute approximate surface area is 157 Å². The van der Waals surface area contributed by atoms with Gasteiger partial charge in [0.05, 0.1) is 0 Å². The molecule has 0 saturated carbocycles. The van der Waals surface area contributed by atoms with Gasteiger partial charge in [-0.25, -0.2) is 4.98 Å². The average Bonchev–Trinajstić information content (AvgIpc) is 3.17. The molecule has 1 aromatic heterocycles. The fourth-order valence-corrected chi connectivity index (χ4v) is 3.96. The van der Waals surface area contributed by atoms with Crippen molar-refractivity contribution in [1.29, 1.82) is 0 Å². The Hall–Kier alpha value is -2.25. The van der Waals surface area contributed by atoms with Gasteiger partial charge in [0.1, 0.15) is 10.7 Å². The van der Waals surface area contributed by atoms with Crippen LogP contribution < -0.4 is 11.1 Å². The Morgan fingerprint density at radius 2 is 2.08 bits per heavy atom. The Bertz CT molecular complexity index is 747. The van der Waals surface area contributed by atoms with Crippen molar-refractivity contribution in [2.75, 3.05) is 19.6 Å². The first kappa shape index (κ1) is 18.5. The fourth-order valence-electron chi connectivity index (χ4n) is 3.16. The minimum absolute atomic E-state index is 0.0137. The van der Waals surface area contributed by atoms with E-state index in [1.807, 2.05) is 40.6 Å². The molecule has 1 saturated heterocycles. The molecule has 1 atom stereocenters. The van der Waals surface area contributed by atoms with Gasteiger partial charge in [0.2, 0.25) is 5.91 Å². The van der Waals surface area contributed by atoms with E-state index < -0.39 is 0 Å². The molecule has 3 N–H and O–H groups in total. The number of piperidine rings is 1. The van der Waals surface area contributed by atoms with Crippen LogP contribution in [0.4, 0.5) is 0 Å². The van der Waals surface area contributed by atoms with E-state index in [2.05, 4.69) is 10.3 Å². The summed E-state index contributed by atoms with van der Waals surface area (Å²) in [6, 6.07) is 9.87. The number of carbonyl (C=O) groups excluding carboxylic acids is 2. The van der Waals surface area contributed by atoms with E-state index in [1.165, 1.54) is 11.3 Å². The summed E-state index contributed by atoms with van der Waals surface area (Å²) in [6.07, 6.45) is 3.25. The Kier molecular flexibility index (Phi) is 6.35. The Morgan fingerprint density at radius 1 is 1.27 bits per heavy atom. The number of nitrogens with one attached hydrogen (secondary N) is 1. The van der Waals surface area contributed by atoms with Crippen molar-refractivity contribution in [3.8, 4) is 10.6 Å². The SMILES string of the molecule is NCCC(=O)NCC1CCCCN1C(=O)c1csc(-c2ccccc2)n1. The van der Waals surface area contributed by atoms with Gasteiger partial charge in [-0.3, -0.25) is 9.59 Å². The molecule has 1 aromatic carbocycles. The first-order chi connectivity index (χ1) is 12.7. The number of rotatable bonds is 6. The van der Waals surface area contributed by atoms with Crippen LogP contribution in [0.3, 0.4) is 0 Å². The van der Waals surface area contributed by atoms with Gasteiger partial charge in [-0.05, 0) is 19.3 Å². The number of likely N-dealkylation sites (tertiary alicyclic amines) is 1. The molecule has 1 aliphatic rings. The van der Waals surface area contributed by atoms with E-state index >= 15 is 0 Å². The van der Waals surface area contributed by atoms with Gasteiger partial charge < -0.3 is 16.0 Å². The second kappa shape index (κ2) is 8.91. The molecule has 0 spiro atoms. The van der Waals surface area contributed by atoms with E-state index in [9.17, 15) is 9.59 Å². The highest BCUT2D eigenvalue weighted by atomic mass is 32.1. The predicted octanol–water partition coefficient (Wildman–Crippen LogP) is 2.27. The lowest BCUT2D eigenvalue weighted by molar-refractivity contribution is -0.121. The van der Waals surface area contributed by atoms with E-state index in [4.69, 9.17) is 5.73 Å². The van der Waals surface area contributed by atoms with Crippen molar-refractivity contribution < 1.29 is 9.59 Å². The summed E-state index contributed by atoms with van der Waals surface area (Å²) in [6.45, 7) is 1.51. The molecule has 2 heterocycles. The second-order valence-corrected chi connectivity index (χ2v) is 7.25. The van der Waals surface area contributed by atoms with Gasteiger partial charge in [-0.1, -0.05) is 30.3 Å². The molecule has 0 radical (unpaired) electrons. The smallest absolute Gasteiger partial charge is 0.273 e. The molecular formula is C19H24N4O2S. The largest absolute Gasteiger partial charge is 0.354 e. The molecule has 0 bridgehead atoms. The maximum atomic E-state index is 13.0. The van der Waals surface area contributed by atoms with Gasteiger partial charge in [0, 0.05) is 43.0 Å². The Balaban J connectivity index is 1.68. The minimum atomic E-state index is -0.0644. The zero-order chi connectivity index (χ0) is 18.4. The number of aromatic nitrogens is 1. The molecular weight excluding hydrogens is 348 g/mol. The van der Waals surface area contributed by atoms with Crippen LogP contribution >= 0.6 is 11.3 Å². The van der Waals surface area contributed by atoms with Crippen molar-refractivity contribution in [2.45, 2.75) is 31.7 Å². The third kappa shape index (κ3) is 4.47. The predicted molar refractivity (Wildman–Crippen MR) is 103 cm³/mol. The number of thiazole rings is 1. The van der Waals surface area contributed by atoms with Crippen LogP contribution in [0.1, 0.15) is 36.2 Å². The topological polar surface area (TPSA) is 88.3 Å². The molecule has 0 aliphatic carbocycles. The van der Waals surface area contributed by atoms with Crippen molar-refractivity contribution >= 4 is 23.2 Å². The highest BCUT2D eigenvalue weighted by molar-refractivity contribution is 7.13. The zero-order valence-electron chi connectivity index (χ0n) is 14.7. The van der Waals surface area contributed by atoms with Gasteiger partial charge in [-0.2, -0.15) is 0 Å². The van der Waals surface area contributed by atoms with Crippen LogP contribution in [-0.2, 0) is 4.79 Å². The molecule has 26 heavy (non-hydrogen) atoms. The molecule has 1 unspecified atom stereocenters. The molecule has 7 heteroatoms. The minimum Gasteiger partial charge on any atom is -0.354 e. The number of nitrogens with two attached hydrogens (primary N) is 1. The summed E-state index contributed by atoms with van der Waals surface area (Å²) >= 11 is 1.48. The van der Waals surface area contributed by atoms with E-state index in [1.54, 1.807) is 0 Å². The lowest BCUT2D eigenvalue weighted by atomic mass is 10.0. The quantitative estimate of drug-likeness (QED) is 0.814. The molecule has 1 fully saturated rings. The number of carbonyl (C=O) groups is 2. The summed E-state index contributed by atoms with van der Waals surface area (Å²) in [5.74, 6) is -0.119. The van der Waals surface area contributed by atoms with Crippen LogP contribution in [0.25, 0.3) is 10.6 Å². The second-order valence-electron chi connectivity index (χ2n) is 6.39. The van der Waals surface area contributed by atoms with Crippen LogP contribution in [0, 0.1) is 0 Å². The van der Waals surface area contributed by atoms with Crippen molar-refractivity contribution in [2.24, 2.45) is 5.73 Å². The summed E-state index contributed by atoms with van der Waals surface area (Å²) in [7, 11) is 0. The molecule has 6 nitrogen and oxygen atoms in total. The van der Waals surface area contributed by atoms with Crippen molar-refractivity contribution in [1.82, 2.24) is 15.2 Å². The number of amides is 2. The summed E-state index contributed by atoms with van der Waals surface area (Å²) < 4.78 is 0. The van der Waals surface area contributed by atoms with Crippen LogP contribution in [0.2, 0.25) is 0 Å². The normalized spacial score (nSPS) is 17.1. The highest BCUT2D eigenvalue weighted by Gasteiger charge is 2.29. The standard InChI is InChI=1S/C19H24N4O2S/c20-10-9-17(24)21-12-15-8-4-5-11-23(15)19(25)16-13-26-18(22-16)14-6-2-1-3-7-14/h1-3,6-7,13,15H,4-5,8-12,20H2,(H,21,24). The van der Waals surface area contributed by atoms with Crippen molar-refractivity contribution in [3.05, 3.63) is 41.4 Å². The van der Waals surface area contributed by atoms with E-state index in [0.29, 0.717) is 31.7 Å². The average molecular weight is 372 g/mol. The summed E-state index contributed by atoms with van der Waals surface area (Å²) in [5, 5.41) is 5.56. The molecule has 1 aliphatic heterocycles. The van der Waals surface area contributed by atoms with Gasteiger partial charge in [0.15, 0.2) is 0 Å². The van der Waals surface area contributed by atoms with Gasteiger partial charge >= 0.3 is 0 Å². The summed E-state index contributed by atoms with van der Waals surface area (Å²) in [4.78, 5) is 31.0. The van der Waals surface area contributed by atoms with Crippen LogP contribution in [0.15, 0.2) is 35.7 Å². The fraction of sp³-hybridized carbons (Fsp3) is 0.421. The zero-order valence-corrected chi connectivity index (χ0v) is 15.5. The molecule has 138 valence electrons. The van der Waals surface area contributed by atoms with E-state index in [-0.39, 0.29) is 17.9 Å². The lowest BCUT2D eigenvalue weighted by Gasteiger charge is -2.35. The first-order valence-electron chi connectivity index (χ1n) is 8.97. The highest BCUT2D eigenvalue weighted by Crippen LogP contribution is 2.25. The molecule has 2 amide bonds. The third-order valence-electron chi connectivity index (χ3n) is 4.54. The maximum Gasteiger partial charge on any atom is 0.273 e. The monoisotopic (exact) mass is 372 g/mol. The first-order valence-corrected chi connectivity index (χ1v) is 9.85.